The van der Waals surface area contributed by atoms with Gasteiger partial charge in [0.1, 0.15) is 11.4 Å². The monoisotopic (exact) mass is 449 g/mol. The summed E-state index contributed by atoms with van der Waals surface area (Å²) in [5.41, 5.74) is 8.68. The number of pyridine rings is 1. The number of hydrogen-bond acceptors (Lipinski definition) is 5. The molecule has 2 N–H and O–H groups in total. The van der Waals surface area contributed by atoms with Crippen LogP contribution in [0, 0.1) is 6.92 Å². The predicted octanol–water partition coefficient (Wildman–Crippen LogP) is 4.19. The highest BCUT2D eigenvalue weighted by Crippen LogP contribution is 2.34. The number of aromatic hydroxyl groups is 1. The Labute approximate surface area is 196 Å². The van der Waals surface area contributed by atoms with E-state index < -0.39 is 0 Å². The van der Waals surface area contributed by atoms with Crippen LogP contribution in [0.5, 0.6) is 5.75 Å². The van der Waals surface area contributed by atoms with Gasteiger partial charge in [-0.15, -0.1) is 0 Å². The first-order valence-electron chi connectivity index (χ1n) is 11.2. The third kappa shape index (κ3) is 3.25. The van der Waals surface area contributed by atoms with Gasteiger partial charge in [-0.05, 0) is 48.4 Å². The van der Waals surface area contributed by atoms with Crippen LogP contribution < -0.4 is 16.0 Å². The number of phenols is 1. The van der Waals surface area contributed by atoms with E-state index in [9.17, 15) is 9.90 Å². The Hall–Kier alpha value is -4.36. The number of hydrogen-bond donors (Lipinski definition) is 2. The molecule has 0 unspecified atom stereocenters. The van der Waals surface area contributed by atoms with Crippen LogP contribution in [0.1, 0.15) is 11.1 Å². The minimum absolute atomic E-state index is 0.105. The van der Waals surface area contributed by atoms with Crippen LogP contribution >= 0.6 is 0 Å². The van der Waals surface area contributed by atoms with Gasteiger partial charge in [-0.2, -0.15) is 9.78 Å². The fourth-order valence-corrected chi connectivity index (χ4v) is 4.54. The lowest BCUT2D eigenvalue weighted by Gasteiger charge is -2.17. The van der Waals surface area contributed by atoms with Crippen LogP contribution in [0.3, 0.4) is 0 Å². The van der Waals surface area contributed by atoms with Crippen molar-refractivity contribution in [1.82, 2.24) is 19.8 Å². The minimum atomic E-state index is -0.203. The smallest absolute Gasteiger partial charge is 0.282 e. The largest absolute Gasteiger partial charge is 0.507 e. The molecule has 0 saturated carbocycles. The standard InChI is InChI=1S/C27H23N5O2/c1-18-6-2-3-7-22(18)32-27(34)21-17-30(23-8-4-9-24(33)25(23)26(21)29-32)16-19-10-12-20(13-11-19)31-15-5-14-28-31/h2-13,15,17,28,33H,14,16H2,1H3. The molecule has 3 aromatic rings. The lowest BCUT2D eigenvalue weighted by Crippen LogP contribution is -2.28. The number of aromatic nitrogens is 3. The van der Waals surface area contributed by atoms with E-state index in [1.807, 2.05) is 65.3 Å². The molecule has 168 valence electrons. The Balaban J connectivity index is 1.49. The molecule has 7 nitrogen and oxygen atoms in total. The lowest BCUT2D eigenvalue weighted by molar-refractivity contribution is 0.481. The second-order valence-corrected chi connectivity index (χ2v) is 8.48. The van der Waals surface area contributed by atoms with Gasteiger partial charge in [-0.25, -0.2) is 5.43 Å². The molecule has 3 aliphatic rings. The van der Waals surface area contributed by atoms with Crippen LogP contribution in [0.4, 0.5) is 5.69 Å². The molecule has 3 aliphatic heterocycles. The Morgan fingerprint density at radius 2 is 1.85 bits per heavy atom. The van der Waals surface area contributed by atoms with E-state index in [0.717, 1.165) is 34.6 Å². The van der Waals surface area contributed by atoms with E-state index in [-0.39, 0.29) is 11.3 Å². The number of aryl methyl sites for hydroxylation is 1. The molecule has 0 spiro atoms. The topological polar surface area (TPSA) is 75.3 Å². The molecular formula is C27H23N5O2. The fraction of sp³-hybridized carbons (Fsp3) is 0.111. The molecule has 0 aliphatic carbocycles. The molecule has 3 heterocycles. The first kappa shape index (κ1) is 20.3. The summed E-state index contributed by atoms with van der Waals surface area (Å²) < 4.78 is 3.44. The van der Waals surface area contributed by atoms with E-state index in [1.165, 1.54) is 4.68 Å². The van der Waals surface area contributed by atoms with Gasteiger partial charge < -0.3 is 9.67 Å². The van der Waals surface area contributed by atoms with Crippen LogP contribution in [-0.2, 0) is 6.54 Å². The van der Waals surface area contributed by atoms with E-state index in [1.54, 1.807) is 6.07 Å². The zero-order chi connectivity index (χ0) is 23.2. The highest BCUT2D eigenvalue weighted by molar-refractivity contribution is 5.98. The van der Waals surface area contributed by atoms with Crippen molar-refractivity contribution in [3.05, 3.63) is 107 Å². The van der Waals surface area contributed by atoms with Crippen molar-refractivity contribution in [3.8, 4) is 22.7 Å². The number of fused-ring (bicyclic) bond motifs is 3. The Morgan fingerprint density at radius 1 is 1.03 bits per heavy atom. The SMILES string of the molecule is Cc1ccccc1-n1nc2c3c(O)cccc3n(Cc3ccc(N4C=CCN4)cc3)cc-2c1=O. The summed E-state index contributed by atoms with van der Waals surface area (Å²) in [6.45, 7) is 3.32. The minimum Gasteiger partial charge on any atom is -0.507 e. The van der Waals surface area contributed by atoms with Gasteiger partial charge in [0, 0.05) is 25.5 Å². The number of hydrazine groups is 1. The number of para-hydroxylation sites is 1. The molecule has 3 aromatic carbocycles. The summed E-state index contributed by atoms with van der Waals surface area (Å²) in [7, 11) is 0. The molecule has 0 aromatic heterocycles. The van der Waals surface area contributed by atoms with Crippen LogP contribution in [0.25, 0.3) is 27.8 Å². The highest BCUT2D eigenvalue weighted by Gasteiger charge is 2.23. The Morgan fingerprint density at radius 3 is 2.62 bits per heavy atom. The maximum Gasteiger partial charge on any atom is 0.282 e. The first-order chi connectivity index (χ1) is 16.6. The Bertz CT molecular complexity index is 1580. The normalized spacial score (nSPS) is 13.4. The summed E-state index contributed by atoms with van der Waals surface area (Å²) >= 11 is 0. The second kappa shape index (κ2) is 7.90. The molecule has 34 heavy (non-hydrogen) atoms. The average Bonchev–Trinajstić information content (AvgIpc) is 3.49. The van der Waals surface area contributed by atoms with Crippen LogP contribution in [0.2, 0.25) is 0 Å². The number of nitrogens with one attached hydrogen (secondary N) is 1. The van der Waals surface area contributed by atoms with Gasteiger partial charge in [0.25, 0.3) is 5.56 Å². The average molecular weight is 450 g/mol. The number of phenolic OH excluding ortho intramolecular Hbond substituents is 1. The van der Waals surface area contributed by atoms with Gasteiger partial charge in [0.2, 0.25) is 0 Å². The maximum absolute atomic E-state index is 13.4. The molecule has 0 atom stereocenters. The van der Waals surface area contributed by atoms with Gasteiger partial charge in [-0.3, -0.25) is 9.80 Å². The summed E-state index contributed by atoms with van der Waals surface area (Å²) in [6, 6.07) is 21.3. The molecule has 0 amide bonds. The highest BCUT2D eigenvalue weighted by atomic mass is 16.3. The van der Waals surface area contributed by atoms with Crippen molar-refractivity contribution in [1.29, 1.82) is 0 Å². The van der Waals surface area contributed by atoms with Gasteiger partial charge in [0.15, 0.2) is 0 Å². The second-order valence-electron chi connectivity index (χ2n) is 8.48. The van der Waals surface area contributed by atoms with Crippen molar-refractivity contribution < 1.29 is 5.11 Å². The van der Waals surface area contributed by atoms with Crippen molar-refractivity contribution in [3.63, 3.8) is 0 Å². The number of anilines is 1. The van der Waals surface area contributed by atoms with Crippen molar-refractivity contribution in [2.45, 2.75) is 13.5 Å². The number of benzene rings is 3. The zero-order valence-corrected chi connectivity index (χ0v) is 18.6. The summed E-state index contributed by atoms with van der Waals surface area (Å²) in [5, 5.41) is 18.0. The molecule has 6 rings (SSSR count). The third-order valence-electron chi connectivity index (χ3n) is 6.27. The first-order valence-corrected chi connectivity index (χ1v) is 11.2. The van der Waals surface area contributed by atoms with Crippen molar-refractivity contribution in [2.24, 2.45) is 0 Å². The summed E-state index contributed by atoms with van der Waals surface area (Å²) in [5.74, 6) is 0.105. The van der Waals surface area contributed by atoms with Crippen LogP contribution in [0.15, 0.2) is 90.0 Å². The number of rotatable bonds is 4. The van der Waals surface area contributed by atoms with E-state index in [0.29, 0.717) is 23.2 Å². The molecule has 0 radical (unpaired) electrons. The quantitative estimate of drug-likeness (QED) is 0.430. The van der Waals surface area contributed by atoms with Gasteiger partial charge >= 0.3 is 0 Å². The summed E-state index contributed by atoms with van der Waals surface area (Å²) in [6.07, 6.45) is 5.92. The van der Waals surface area contributed by atoms with Gasteiger partial charge in [0.05, 0.1) is 27.8 Å². The van der Waals surface area contributed by atoms with Crippen molar-refractivity contribution in [2.75, 3.05) is 11.6 Å². The molecule has 0 saturated heterocycles. The van der Waals surface area contributed by atoms with Crippen LogP contribution in [-0.4, -0.2) is 26.0 Å². The van der Waals surface area contributed by atoms with Crippen molar-refractivity contribution >= 4 is 16.6 Å². The zero-order valence-electron chi connectivity index (χ0n) is 18.6. The fourth-order valence-electron chi connectivity index (χ4n) is 4.54. The maximum atomic E-state index is 13.4. The van der Waals surface area contributed by atoms with Gasteiger partial charge in [-0.1, -0.05) is 42.5 Å². The summed E-state index contributed by atoms with van der Waals surface area (Å²) in [4.78, 5) is 13.4. The molecule has 0 bridgehead atoms. The predicted molar refractivity (Wildman–Crippen MR) is 134 cm³/mol. The molecular weight excluding hydrogens is 426 g/mol. The molecule has 7 heteroatoms. The van der Waals surface area contributed by atoms with E-state index >= 15 is 0 Å². The third-order valence-corrected chi connectivity index (χ3v) is 6.27. The lowest BCUT2D eigenvalue weighted by atomic mass is 10.1. The molecule has 0 fully saturated rings. The Kier molecular flexibility index (Phi) is 4.71. The van der Waals surface area contributed by atoms with E-state index in [4.69, 9.17) is 0 Å². The van der Waals surface area contributed by atoms with E-state index in [2.05, 4.69) is 40.9 Å². The number of nitrogens with zero attached hydrogens (tertiary/aromatic N) is 4.